The topological polar surface area (TPSA) is 51.6 Å². The summed E-state index contributed by atoms with van der Waals surface area (Å²) in [5.74, 6) is 1.64. The fraction of sp³-hybridized carbons (Fsp3) is 0.500. The van der Waals surface area contributed by atoms with Gasteiger partial charge in [0.15, 0.2) is 11.5 Å². The number of aryl methyl sites for hydroxylation is 1. The Morgan fingerprint density at radius 3 is 2.79 bits per heavy atom. The fourth-order valence-electron chi connectivity index (χ4n) is 3.98. The van der Waals surface area contributed by atoms with Crippen molar-refractivity contribution in [3.63, 3.8) is 0 Å². The van der Waals surface area contributed by atoms with E-state index < -0.39 is 0 Å². The molecule has 0 saturated carbocycles. The van der Waals surface area contributed by atoms with Crippen molar-refractivity contribution in [3.8, 4) is 22.8 Å². The lowest BCUT2D eigenvalue weighted by Crippen LogP contribution is -2.42. The molecule has 0 bridgehead atoms. The highest BCUT2D eigenvalue weighted by atomic mass is 16.5. The molecule has 28 heavy (non-hydrogen) atoms. The van der Waals surface area contributed by atoms with Gasteiger partial charge in [0, 0.05) is 49.9 Å². The summed E-state index contributed by atoms with van der Waals surface area (Å²) >= 11 is 0. The first-order chi connectivity index (χ1) is 13.7. The lowest BCUT2D eigenvalue weighted by molar-refractivity contribution is 0.214. The Labute approximate surface area is 167 Å². The minimum absolute atomic E-state index is 0.554. The average molecular weight is 383 g/mol. The van der Waals surface area contributed by atoms with E-state index >= 15 is 0 Å². The second kappa shape index (κ2) is 8.80. The summed E-state index contributed by atoms with van der Waals surface area (Å²) in [6.07, 6.45) is 7.36. The number of nitrogens with zero attached hydrogens (tertiary/aromatic N) is 3. The van der Waals surface area contributed by atoms with Crippen LogP contribution in [0.15, 0.2) is 37.1 Å². The third-order valence-corrected chi connectivity index (χ3v) is 5.48. The Bertz CT molecular complexity index is 809. The molecule has 1 aromatic carbocycles. The van der Waals surface area contributed by atoms with Crippen molar-refractivity contribution >= 4 is 0 Å². The van der Waals surface area contributed by atoms with Crippen molar-refractivity contribution in [1.82, 2.24) is 20.0 Å². The largest absolute Gasteiger partial charge is 0.490 e. The standard InChI is InChI=1S/C22H30N4O2/c1-3-9-26-10-7-19(8-11-26)23-15-18-16-25(2)24-22(18)17-5-6-20-21(14-17)28-13-4-12-27-20/h3,5-6,14,16,19,23H,1,4,7-13,15H2,2H3. The smallest absolute Gasteiger partial charge is 0.161 e. The highest BCUT2D eigenvalue weighted by molar-refractivity contribution is 5.66. The van der Waals surface area contributed by atoms with E-state index in [0.717, 1.165) is 55.4 Å². The zero-order chi connectivity index (χ0) is 19.3. The lowest BCUT2D eigenvalue weighted by Gasteiger charge is -2.31. The van der Waals surface area contributed by atoms with E-state index in [0.29, 0.717) is 19.3 Å². The summed E-state index contributed by atoms with van der Waals surface area (Å²) in [7, 11) is 1.98. The number of piperidine rings is 1. The first kappa shape index (κ1) is 19.0. The quantitative estimate of drug-likeness (QED) is 0.779. The summed E-state index contributed by atoms with van der Waals surface area (Å²) in [5.41, 5.74) is 3.29. The minimum Gasteiger partial charge on any atom is -0.490 e. The summed E-state index contributed by atoms with van der Waals surface area (Å²) < 4.78 is 13.5. The SMILES string of the molecule is C=CCN1CCC(NCc2cn(C)nc2-c2ccc3c(c2)OCCCO3)CC1. The predicted molar refractivity (Wildman–Crippen MR) is 111 cm³/mol. The fourth-order valence-corrected chi connectivity index (χ4v) is 3.98. The van der Waals surface area contributed by atoms with Crippen LogP contribution >= 0.6 is 0 Å². The summed E-state index contributed by atoms with van der Waals surface area (Å²) in [5, 5.41) is 8.45. The molecular formula is C22H30N4O2. The molecule has 0 spiro atoms. The molecular weight excluding hydrogens is 352 g/mol. The van der Waals surface area contributed by atoms with Crippen LogP contribution in [0.25, 0.3) is 11.3 Å². The first-order valence-electron chi connectivity index (χ1n) is 10.2. The van der Waals surface area contributed by atoms with E-state index in [9.17, 15) is 0 Å². The molecule has 2 aliphatic heterocycles. The number of likely N-dealkylation sites (tertiary alicyclic amines) is 1. The van der Waals surface area contributed by atoms with Crippen LogP contribution < -0.4 is 14.8 Å². The van der Waals surface area contributed by atoms with E-state index in [2.05, 4.69) is 35.1 Å². The van der Waals surface area contributed by atoms with E-state index in [4.69, 9.17) is 14.6 Å². The number of benzene rings is 1. The summed E-state index contributed by atoms with van der Waals surface area (Å²) in [6.45, 7) is 9.31. The van der Waals surface area contributed by atoms with Gasteiger partial charge in [-0.2, -0.15) is 5.10 Å². The lowest BCUT2D eigenvalue weighted by atomic mass is 10.0. The van der Waals surface area contributed by atoms with Crippen LogP contribution in [0.4, 0.5) is 0 Å². The van der Waals surface area contributed by atoms with Crippen LogP contribution in [0.5, 0.6) is 11.5 Å². The highest BCUT2D eigenvalue weighted by Gasteiger charge is 2.20. The Hall–Kier alpha value is -2.31. The number of fused-ring (bicyclic) bond motifs is 1. The van der Waals surface area contributed by atoms with Crippen molar-refractivity contribution in [2.75, 3.05) is 32.8 Å². The zero-order valence-electron chi connectivity index (χ0n) is 16.7. The van der Waals surface area contributed by atoms with Gasteiger partial charge < -0.3 is 14.8 Å². The number of aromatic nitrogens is 2. The van der Waals surface area contributed by atoms with E-state index in [-0.39, 0.29) is 0 Å². The molecule has 1 N–H and O–H groups in total. The zero-order valence-corrected chi connectivity index (χ0v) is 16.7. The second-order valence-electron chi connectivity index (χ2n) is 7.63. The van der Waals surface area contributed by atoms with E-state index in [1.165, 1.54) is 18.4 Å². The number of rotatable bonds is 6. The van der Waals surface area contributed by atoms with Gasteiger partial charge in [-0.3, -0.25) is 9.58 Å². The molecule has 1 saturated heterocycles. The Kier molecular flexibility index (Phi) is 5.98. The second-order valence-corrected chi connectivity index (χ2v) is 7.63. The maximum absolute atomic E-state index is 5.86. The van der Waals surface area contributed by atoms with Crippen LogP contribution in [-0.2, 0) is 13.6 Å². The van der Waals surface area contributed by atoms with Crippen molar-refractivity contribution in [2.45, 2.75) is 31.8 Å². The third kappa shape index (κ3) is 4.39. The van der Waals surface area contributed by atoms with Crippen molar-refractivity contribution in [2.24, 2.45) is 7.05 Å². The molecule has 0 amide bonds. The van der Waals surface area contributed by atoms with Crippen molar-refractivity contribution in [1.29, 1.82) is 0 Å². The molecule has 0 aliphatic carbocycles. The van der Waals surface area contributed by atoms with Gasteiger partial charge in [-0.05, 0) is 44.1 Å². The molecule has 6 heteroatoms. The van der Waals surface area contributed by atoms with Crippen LogP contribution in [0.3, 0.4) is 0 Å². The monoisotopic (exact) mass is 382 g/mol. The molecule has 2 aliphatic rings. The Balaban J connectivity index is 1.44. The molecule has 0 atom stereocenters. The molecule has 150 valence electrons. The van der Waals surface area contributed by atoms with Crippen LogP contribution in [-0.4, -0.2) is 53.6 Å². The molecule has 1 aromatic heterocycles. The van der Waals surface area contributed by atoms with Gasteiger partial charge in [-0.1, -0.05) is 6.08 Å². The molecule has 1 fully saturated rings. The molecule has 2 aromatic rings. The average Bonchev–Trinajstić information content (AvgIpc) is 2.93. The van der Waals surface area contributed by atoms with Gasteiger partial charge in [-0.25, -0.2) is 0 Å². The number of ether oxygens (including phenoxy) is 2. The molecule has 6 nitrogen and oxygen atoms in total. The number of hydrogen-bond donors (Lipinski definition) is 1. The molecule has 0 radical (unpaired) electrons. The van der Waals surface area contributed by atoms with Gasteiger partial charge in [0.05, 0.1) is 18.9 Å². The van der Waals surface area contributed by atoms with Crippen molar-refractivity contribution in [3.05, 3.63) is 42.6 Å². The molecule has 4 rings (SSSR count). The van der Waals surface area contributed by atoms with Gasteiger partial charge in [0.25, 0.3) is 0 Å². The minimum atomic E-state index is 0.554. The Morgan fingerprint density at radius 2 is 2.00 bits per heavy atom. The van der Waals surface area contributed by atoms with E-state index in [1.807, 2.05) is 23.9 Å². The highest BCUT2D eigenvalue weighted by Crippen LogP contribution is 2.34. The van der Waals surface area contributed by atoms with Gasteiger partial charge in [0.2, 0.25) is 0 Å². The summed E-state index contributed by atoms with van der Waals surface area (Å²) in [4.78, 5) is 2.46. The van der Waals surface area contributed by atoms with Crippen LogP contribution in [0, 0.1) is 0 Å². The maximum atomic E-state index is 5.86. The number of hydrogen-bond acceptors (Lipinski definition) is 5. The third-order valence-electron chi connectivity index (χ3n) is 5.48. The normalized spacial score (nSPS) is 18.0. The molecule has 0 unspecified atom stereocenters. The molecule has 3 heterocycles. The van der Waals surface area contributed by atoms with E-state index in [1.54, 1.807) is 0 Å². The summed E-state index contributed by atoms with van der Waals surface area (Å²) in [6, 6.07) is 6.68. The van der Waals surface area contributed by atoms with Gasteiger partial charge in [0.1, 0.15) is 0 Å². The Morgan fingerprint density at radius 1 is 1.21 bits per heavy atom. The van der Waals surface area contributed by atoms with Gasteiger partial charge in [-0.15, -0.1) is 6.58 Å². The van der Waals surface area contributed by atoms with Crippen LogP contribution in [0.2, 0.25) is 0 Å². The number of nitrogens with one attached hydrogen (secondary N) is 1. The first-order valence-corrected chi connectivity index (χ1v) is 10.2. The van der Waals surface area contributed by atoms with Gasteiger partial charge >= 0.3 is 0 Å². The maximum Gasteiger partial charge on any atom is 0.161 e. The van der Waals surface area contributed by atoms with Crippen LogP contribution in [0.1, 0.15) is 24.8 Å². The van der Waals surface area contributed by atoms with Crippen molar-refractivity contribution < 1.29 is 9.47 Å². The predicted octanol–water partition coefficient (Wildman–Crippen LogP) is 2.99.